The summed E-state index contributed by atoms with van der Waals surface area (Å²) in [4.78, 5) is 17.4. The maximum atomic E-state index is 12.8. The van der Waals surface area contributed by atoms with Gasteiger partial charge in [0.2, 0.25) is 0 Å². The van der Waals surface area contributed by atoms with E-state index in [-0.39, 0.29) is 18.9 Å². The number of esters is 1. The topological polar surface area (TPSA) is 62.6 Å². The lowest BCUT2D eigenvalue weighted by Crippen LogP contribution is -2.12. The lowest BCUT2D eigenvalue weighted by atomic mass is 10.0. The summed E-state index contributed by atoms with van der Waals surface area (Å²) in [7, 11) is 1.61. The van der Waals surface area contributed by atoms with Gasteiger partial charge in [-0.1, -0.05) is 66.7 Å². The highest BCUT2D eigenvalue weighted by molar-refractivity contribution is 6.14. The van der Waals surface area contributed by atoms with Crippen LogP contribution in [0.2, 0.25) is 0 Å². The van der Waals surface area contributed by atoms with E-state index in [9.17, 15) is 4.79 Å². The van der Waals surface area contributed by atoms with Crippen molar-refractivity contribution in [2.45, 2.75) is 26.7 Å². The maximum Gasteiger partial charge on any atom is 0.357 e. The number of rotatable bonds is 9. The fourth-order valence-corrected chi connectivity index (χ4v) is 4.60. The van der Waals surface area contributed by atoms with Gasteiger partial charge in [0.05, 0.1) is 35.8 Å². The van der Waals surface area contributed by atoms with Crippen molar-refractivity contribution in [3.05, 3.63) is 107 Å². The minimum Gasteiger partial charge on any atom is -0.488 e. The highest BCUT2D eigenvalue weighted by Crippen LogP contribution is 2.39. The van der Waals surface area contributed by atoms with Crippen molar-refractivity contribution in [1.82, 2.24) is 9.55 Å². The summed E-state index contributed by atoms with van der Waals surface area (Å²) in [5.74, 6) is 0.282. The number of aromatic nitrogens is 2. The van der Waals surface area contributed by atoms with Gasteiger partial charge in [0.15, 0.2) is 5.69 Å². The van der Waals surface area contributed by atoms with E-state index in [1.54, 1.807) is 20.2 Å². The molecule has 0 radical (unpaired) electrons. The number of carbonyl (C=O) groups excluding carboxylic acids is 1. The van der Waals surface area contributed by atoms with E-state index in [0.29, 0.717) is 18.7 Å². The maximum absolute atomic E-state index is 12.8. The Labute approximate surface area is 210 Å². The SMILES string of the molecule is CCOC(=O)c1ncc2c(c1COC)c1c(OCc3ccccc3)cccc1n2Cc1ccccc1. The molecule has 0 saturated carbocycles. The first kappa shape index (κ1) is 23.6. The largest absolute Gasteiger partial charge is 0.488 e. The Hall–Kier alpha value is -4.16. The van der Waals surface area contributed by atoms with Crippen LogP contribution < -0.4 is 4.74 Å². The molecule has 2 aromatic heterocycles. The summed E-state index contributed by atoms with van der Waals surface area (Å²) in [5.41, 5.74) is 5.11. The summed E-state index contributed by atoms with van der Waals surface area (Å²) in [6.45, 7) is 3.35. The molecule has 0 aliphatic carbocycles. The molecular weight excluding hydrogens is 452 g/mol. The molecule has 0 atom stereocenters. The number of methoxy groups -OCH3 is 1. The van der Waals surface area contributed by atoms with Crippen LogP contribution in [-0.2, 0) is 29.2 Å². The molecule has 5 aromatic rings. The van der Waals surface area contributed by atoms with Crippen LogP contribution in [0.15, 0.2) is 85.1 Å². The number of pyridine rings is 1. The van der Waals surface area contributed by atoms with Gasteiger partial charge in [0.1, 0.15) is 12.4 Å². The molecule has 0 aliphatic heterocycles. The molecule has 6 nitrogen and oxygen atoms in total. The average molecular weight is 481 g/mol. The van der Waals surface area contributed by atoms with Gasteiger partial charge in [-0.25, -0.2) is 9.78 Å². The van der Waals surface area contributed by atoms with E-state index >= 15 is 0 Å². The van der Waals surface area contributed by atoms with Crippen molar-refractivity contribution >= 4 is 27.8 Å². The predicted molar refractivity (Wildman–Crippen MR) is 140 cm³/mol. The summed E-state index contributed by atoms with van der Waals surface area (Å²) in [6, 6.07) is 26.4. The molecule has 5 rings (SSSR count). The third kappa shape index (κ3) is 4.55. The van der Waals surface area contributed by atoms with Crippen LogP contribution in [0.3, 0.4) is 0 Å². The summed E-state index contributed by atoms with van der Waals surface area (Å²) in [6.07, 6.45) is 1.75. The lowest BCUT2D eigenvalue weighted by Gasteiger charge is -2.11. The zero-order valence-corrected chi connectivity index (χ0v) is 20.4. The highest BCUT2D eigenvalue weighted by Gasteiger charge is 2.24. The van der Waals surface area contributed by atoms with Crippen molar-refractivity contribution in [3.63, 3.8) is 0 Å². The fourth-order valence-electron chi connectivity index (χ4n) is 4.60. The lowest BCUT2D eigenvalue weighted by molar-refractivity contribution is 0.0514. The Kier molecular flexibility index (Phi) is 6.96. The van der Waals surface area contributed by atoms with E-state index in [2.05, 4.69) is 27.8 Å². The molecule has 3 aromatic carbocycles. The van der Waals surface area contributed by atoms with E-state index < -0.39 is 5.97 Å². The Morgan fingerprint density at radius 1 is 0.833 bits per heavy atom. The van der Waals surface area contributed by atoms with Crippen LogP contribution >= 0.6 is 0 Å². The first-order valence-corrected chi connectivity index (χ1v) is 12.0. The third-order valence-corrected chi connectivity index (χ3v) is 6.17. The number of hydrogen-bond donors (Lipinski definition) is 0. The van der Waals surface area contributed by atoms with Crippen molar-refractivity contribution in [1.29, 1.82) is 0 Å². The molecule has 0 bridgehead atoms. The fraction of sp³-hybridized carbons (Fsp3) is 0.200. The zero-order chi connectivity index (χ0) is 24.9. The monoisotopic (exact) mass is 480 g/mol. The van der Waals surface area contributed by atoms with Gasteiger partial charge in [0.25, 0.3) is 0 Å². The first-order chi connectivity index (χ1) is 17.7. The molecule has 0 amide bonds. The Bertz CT molecular complexity index is 1490. The van der Waals surface area contributed by atoms with Crippen molar-refractivity contribution in [2.75, 3.05) is 13.7 Å². The molecule has 182 valence electrons. The average Bonchev–Trinajstić information content (AvgIpc) is 3.23. The molecule has 0 unspecified atom stereocenters. The van der Waals surface area contributed by atoms with Gasteiger partial charge in [0, 0.05) is 24.6 Å². The molecular formula is C30H28N2O4. The minimum absolute atomic E-state index is 0.218. The van der Waals surface area contributed by atoms with Gasteiger partial charge in [-0.3, -0.25) is 0 Å². The summed E-state index contributed by atoms with van der Waals surface area (Å²) < 4.78 is 19.5. The van der Waals surface area contributed by atoms with Crippen LogP contribution in [0.4, 0.5) is 0 Å². The van der Waals surface area contributed by atoms with Crippen LogP contribution in [0, 0.1) is 0 Å². The van der Waals surface area contributed by atoms with Crippen molar-refractivity contribution < 1.29 is 19.0 Å². The van der Waals surface area contributed by atoms with Crippen molar-refractivity contribution in [3.8, 4) is 5.75 Å². The van der Waals surface area contributed by atoms with E-state index in [1.165, 1.54) is 0 Å². The quantitative estimate of drug-likeness (QED) is 0.237. The van der Waals surface area contributed by atoms with Gasteiger partial charge < -0.3 is 18.8 Å². The summed E-state index contributed by atoms with van der Waals surface area (Å²) >= 11 is 0. The van der Waals surface area contributed by atoms with E-state index in [4.69, 9.17) is 14.2 Å². The first-order valence-electron chi connectivity index (χ1n) is 12.0. The molecule has 36 heavy (non-hydrogen) atoms. The summed E-state index contributed by atoms with van der Waals surface area (Å²) in [5, 5.41) is 1.82. The van der Waals surface area contributed by atoms with Gasteiger partial charge in [-0.15, -0.1) is 0 Å². The Morgan fingerprint density at radius 3 is 2.25 bits per heavy atom. The number of ether oxygens (including phenoxy) is 3. The number of nitrogens with zero attached hydrogens (tertiary/aromatic N) is 2. The van der Waals surface area contributed by atoms with Crippen LogP contribution in [0.5, 0.6) is 5.75 Å². The molecule has 2 heterocycles. The molecule has 0 saturated heterocycles. The molecule has 0 N–H and O–H groups in total. The minimum atomic E-state index is -0.460. The predicted octanol–water partition coefficient (Wildman–Crippen LogP) is 6.14. The smallest absolute Gasteiger partial charge is 0.357 e. The molecule has 0 aliphatic rings. The second-order valence-corrected chi connectivity index (χ2v) is 8.50. The number of carbonyl (C=O) groups is 1. The molecule has 6 heteroatoms. The van der Waals surface area contributed by atoms with E-state index in [0.717, 1.165) is 38.7 Å². The standard InChI is InChI=1S/C30H28N2O4/c1-3-35-30(33)29-23(20-34-2)27-25(17-31-29)32(18-21-11-6-4-7-12-21)24-15-10-16-26(28(24)27)36-19-22-13-8-5-9-14-22/h4-17H,3,18-20H2,1-2H3. The van der Waals surface area contributed by atoms with Crippen LogP contribution in [0.1, 0.15) is 34.1 Å². The number of benzene rings is 3. The van der Waals surface area contributed by atoms with Gasteiger partial charge in [-0.2, -0.15) is 0 Å². The number of fused-ring (bicyclic) bond motifs is 3. The van der Waals surface area contributed by atoms with Gasteiger partial charge >= 0.3 is 5.97 Å². The zero-order valence-electron chi connectivity index (χ0n) is 20.4. The Balaban J connectivity index is 1.75. The Morgan fingerprint density at radius 2 is 1.56 bits per heavy atom. The second kappa shape index (κ2) is 10.6. The number of hydrogen-bond acceptors (Lipinski definition) is 5. The van der Waals surface area contributed by atoms with Gasteiger partial charge in [-0.05, 0) is 30.2 Å². The molecule has 0 spiro atoms. The highest BCUT2D eigenvalue weighted by atomic mass is 16.5. The third-order valence-electron chi connectivity index (χ3n) is 6.17. The van der Waals surface area contributed by atoms with Crippen LogP contribution in [-0.4, -0.2) is 29.2 Å². The normalized spacial score (nSPS) is 11.2. The van der Waals surface area contributed by atoms with Crippen molar-refractivity contribution in [2.24, 2.45) is 0 Å². The van der Waals surface area contributed by atoms with E-state index in [1.807, 2.05) is 60.7 Å². The van der Waals surface area contributed by atoms with Crippen LogP contribution in [0.25, 0.3) is 21.8 Å². The molecule has 0 fully saturated rings. The second-order valence-electron chi connectivity index (χ2n) is 8.50.